The Bertz CT molecular complexity index is 911. The molecule has 26 heavy (non-hydrogen) atoms. The number of hydrogen-bond acceptors (Lipinski definition) is 6. The molecule has 0 amide bonds. The standard InChI is InChI=1S/C20H21N3O3/c1-20(2,3)14-6-4-13(5-7-14)18-22-23-19(26-18)21-15-8-9-16-17(12-15)25-11-10-24-16/h4-9,12H,10-11H2,1-3H3,(H,21,23). The number of benzene rings is 2. The average molecular weight is 351 g/mol. The normalized spacial score (nSPS) is 13.5. The van der Waals surface area contributed by atoms with Gasteiger partial charge in [-0.15, -0.1) is 5.10 Å². The zero-order valence-corrected chi connectivity index (χ0v) is 15.1. The van der Waals surface area contributed by atoms with Gasteiger partial charge in [0.05, 0.1) is 0 Å². The van der Waals surface area contributed by atoms with Crippen molar-refractivity contribution >= 4 is 11.7 Å². The zero-order chi connectivity index (χ0) is 18.1. The molecule has 2 aromatic carbocycles. The van der Waals surface area contributed by atoms with Gasteiger partial charge in [0.1, 0.15) is 13.2 Å². The molecule has 0 aliphatic carbocycles. The van der Waals surface area contributed by atoms with Crippen LogP contribution in [0.15, 0.2) is 46.9 Å². The summed E-state index contributed by atoms with van der Waals surface area (Å²) in [6.45, 7) is 7.67. The molecule has 6 nitrogen and oxygen atoms in total. The third kappa shape index (κ3) is 3.35. The largest absolute Gasteiger partial charge is 0.486 e. The van der Waals surface area contributed by atoms with Crippen LogP contribution in [0.3, 0.4) is 0 Å². The molecule has 1 aromatic heterocycles. The number of aromatic nitrogens is 2. The number of fused-ring (bicyclic) bond motifs is 1. The van der Waals surface area contributed by atoms with E-state index in [2.05, 4.69) is 48.4 Å². The Morgan fingerprint density at radius 3 is 2.35 bits per heavy atom. The second-order valence-corrected chi connectivity index (χ2v) is 7.22. The molecule has 3 aromatic rings. The van der Waals surface area contributed by atoms with Gasteiger partial charge in [0.2, 0.25) is 5.89 Å². The summed E-state index contributed by atoms with van der Waals surface area (Å²) in [5, 5.41) is 11.3. The molecule has 4 rings (SSSR count). The van der Waals surface area contributed by atoms with Gasteiger partial charge in [-0.1, -0.05) is 38.0 Å². The van der Waals surface area contributed by atoms with Crippen LogP contribution in [-0.4, -0.2) is 23.4 Å². The maximum absolute atomic E-state index is 5.74. The summed E-state index contributed by atoms with van der Waals surface area (Å²) >= 11 is 0. The van der Waals surface area contributed by atoms with E-state index < -0.39 is 0 Å². The van der Waals surface area contributed by atoms with E-state index in [-0.39, 0.29) is 5.41 Å². The van der Waals surface area contributed by atoms with Crippen molar-refractivity contribution < 1.29 is 13.9 Å². The highest BCUT2D eigenvalue weighted by Crippen LogP contribution is 2.34. The molecule has 0 saturated carbocycles. The Hall–Kier alpha value is -3.02. The molecule has 0 bridgehead atoms. The van der Waals surface area contributed by atoms with Gasteiger partial charge < -0.3 is 19.2 Å². The number of nitrogens with one attached hydrogen (secondary N) is 1. The third-order valence-electron chi connectivity index (χ3n) is 4.22. The smallest absolute Gasteiger partial charge is 0.320 e. The van der Waals surface area contributed by atoms with Gasteiger partial charge in [0.15, 0.2) is 11.5 Å². The van der Waals surface area contributed by atoms with Crippen molar-refractivity contribution in [1.82, 2.24) is 10.2 Å². The minimum atomic E-state index is 0.109. The van der Waals surface area contributed by atoms with Crippen LogP contribution in [0.2, 0.25) is 0 Å². The van der Waals surface area contributed by atoms with Gasteiger partial charge in [0.25, 0.3) is 0 Å². The molecule has 1 aliphatic rings. The molecule has 2 heterocycles. The number of nitrogens with zero attached hydrogens (tertiary/aromatic N) is 2. The van der Waals surface area contributed by atoms with Crippen LogP contribution in [0.5, 0.6) is 11.5 Å². The van der Waals surface area contributed by atoms with Crippen LogP contribution in [0, 0.1) is 0 Å². The topological polar surface area (TPSA) is 69.4 Å². The van der Waals surface area contributed by atoms with Crippen molar-refractivity contribution in [2.45, 2.75) is 26.2 Å². The predicted molar refractivity (Wildman–Crippen MR) is 99.1 cm³/mol. The maximum Gasteiger partial charge on any atom is 0.320 e. The number of anilines is 2. The summed E-state index contributed by atoms with van der Waals surface area (Å²) < 4.78 is 16.8. The molecule has 0 fully saturated rings. The van der Waals surface area contributed by atoms with Crippen LogP contribution in [0.25, 0.3) is 11.5 Å². The quantitative estimate of drug-likeness (QED) is 0.746. The maximum atomic E-state index is 5.74. The highest BCUT2D eigenvalue weighted by atomic mass is 16.6. The molecule has 1 aliphatic heterocycles. The van der Waals surface area contributed by atoms with Crippen molar-refractivity contribution in [3.8, 4) is 23.0 Å². The van der Waals surface area contributed by atoms with Crippen molar-refractivity contribution in [2.24, 2.45) is 0 Å². The van der Waals surface area contributed by atoms with E-state index in [4.69, 9.17) is 13.9 Å². The van der Waals surface area contributed by atoms with Crippen LogP contribution in [0.4, 0.5) is 11.7 Å². The van der Waals surface area contributed by atoms with Crippen LogP contribution >= 0.6 is 0 Å². The second kappa shape index (κ2) is 6.37. The summed E-state index contributed by atoms with van der Waals surface area (Å²) in [7, 11) is 0. The van der Waals surface area contributed by atoms with E-state index in [1.54, 1.807) is 0 Å². The lowest BCUT2D eigenvalue weighted by molar-refractivity contribution is 0.171. The Morgan fingerprint density at radius 2 is 1.62 bits per heavy atom. The first-order chi connectivity index (χ1) is 12.5. The van der Waals surface area contributed by atoms with E-state index in [1.807, 2.05) is 30.3 Å². The average Bonchev–Trinajstić information content (AvgIpc) is 3.09. The van der Waals surface area contributed by atoms with E-state index in [1.165, 1.54) is 5.56 Å². The number of rotatable bonds is 3. The van der Waals surface area contributed by atoms with Crippen molar-refractivity contribution in [3.05, 3.63) is 48.0 Å². The fourth-order valence-corrected chi connectivity index (χ4v) is 2.75. The lowest BCUT2D eigenvalue weighted by Crippen LogP contribution is -2.15. The SMILES string of the molecule is CC(C)(C)c1ccc(-c2nnc(Nc3ccc4c(c3)OCCO4)o2)cc1. The summed E-state index contributed by atoms with van der Waals surface area (Å²) in [5.41, 5.74) is 3.06. The van der Waals surface area contributed by atoms with Gasteiger partial charge >= 0.3 is 6.01 Å². The Labute approximate surface area is 152 Å². The van der Waals surface area contributed by atoms with Crippen molar-refractivity contribution in [1.29, 1.82) is 0 Å². The third-order valence-corrected chi connectivity index (χ3v) is 4.22. The number of ether oxygens (including phenoxy) is 2. The summed E-state index contributed by atoms with van der Waals surface area (Å²) in [6, 6.07) is 14.1. The van der Waals surface area contributed by atoms with Crippen LogP contribution in [0.1, 0.15) is 26.3 Å². The van der Waals surface area contributed by atoms with E-state index >= 15 is 0 Å². The van der Waals surface area contributed by atoms with Gasteiger partial charge in [0, 0.05) is 17.3 Å². The first-order valence-electron chi connectivity index (χ1n) is 8.60. The monoisotopic (exact) mass is 351 g/mol. The van der Waals surface area contributed by atoms with Gasteiger partial charge in [-0.3, -0.25) is 0 Å². The summed E-state index contributed by atoms with van der Waals surface area (Å²) in [6.07, 6.45) is 0. The van der Waals surface area contributed by atoms with Crippen molar-refractivity contribution in [2.75, 3.05) is 18.5 Å². The Balaban J connectivity index is 1.51. The van der Waals surface area contributed by atoms with Crippen molar-refractivity contribution in [3.63, 3.8) is 0 Å². The molecular formula is C20H21N3O3. The fraction of sp³-hybridized carbons (Fsp3) is 0.300. The molecular weight excluding hydrogens is 330 g/mol. The molecule has 0 atom stereocenters. The second-order valence-electron chi connectivity index (χ2n) is 7.22. The first-order valence-corrected chi connectivity index (χ1v) is 8.60. The highest BCUT2D eigenvalue weighted by Gasteiger charge is 2.16. The molecule has 0 spiro atoms. The van der Waals surface area contributed by atoms with E-state index in [0.717, 1.165) is 17.0 Å². The molecule has 134 valence electrons. The predicted octanol–water partition coefficient (Wildman–Crippen LogP) is 4.55. The zero-order valence-electron chi connectivity index (χ0n) is 15.1. The molecule has 0 saturated heterocycles. The Kier molecular flexibility index (Phi) is 4.03. The molecule has 0 radical (unpaired) electrons. The minimum absolute atomic E-state index is 0.109. The minimum Gasteiger partial charge on any atom is -0.486 e. The molecule has 6 heteroatoms. The summed E-state index contributed by atoms with van der Waals surface area (Å²) in [5.74, 6) is 1.93. The van der Waals surface area contributed by atoms with Gasteiger partial charge in [-0.2, -0.15) is 0 Å². The number of hydrogen-bond donors (Lipinski definition) is 1. The van der Waals surface area contributed by atoms with Gasteiger partial charge in [-0.25, -0.2) is 0 Å². The molecule has 1 N–H and O–H groups in total. The van der Waals surface area contributed by atoms with E-state index in [0.29, 0.717) is 30.9 Å². The lowest BCUT2D eigenvalue weighted by Gasteiger charge is -2.18. The summed E-state index contributed by atoms with van der Waals surface area (Å²) in [4.78, 5) is 0. The highest BCUT2D eigenvalue weighted by molar-refractivity contribution is 5.60. The lowest BCUT2D eigenvalue weighted by atomic mass is 9.87. The van der Waals surface area contributed by atoms with Gasteiger partial charge in [-0.05, 0) is 35.2 Å². The van der Waals surface area contributed by atoms with Crippen LogP contribution < -0.4 is 14.8 Å². The molecule has 0 unspecified atom stereocenters. The van der Waals surface area contributed by atoms with Crippen LogP contribution in [-0.2, 0) is 5.41 Å². The fourth-order valence-electron chi connectivity index (χ4n) is 2.75. The Morgan fingerprint density at radius 1 is 0.885 bits per heavy atom. The van der Waals surface area contributed by atoms with E-state index in [9.17, 15) is 0 Å². The first kappa shape index (κ1) is 16.4.